The van der Waals surface area contributed by atoms with Crippen molar-refractivity contribution in [3.05, 3.63) is 35.9 Å². The molecular weight excluding hydrogens is 202 g/mol. The first-order chi connectivity index (χ1) is 7.49. The van der Waals surface area contributed by atoms with E-state index in [0.717, 1.165) is 17.4 Å². The molecule has 0 radical (unpaired) electrons. The van der Waals surface area contributed by atoms with Crippen molar-refractivity contribution >= 4 is 5.97 Å². The van der Waals surface area contributed by atoms with Gasteiger partial charge in [0.05, 0.1) is 39.9 Å². The third kappa shape index (κ3) is 4.94. The van der Waals surface area contributed by atoms with Gasteiger partial charge in [0, 0.05) is 6.42 Å². The minimum Gasteiger partial charge on any atom is -0.462 e. The largest absolute Gasteiger partial charge is 0.462 e. The molecule has 0 aliphatic rings. The quantitative estimate of drug-likeness (QED) is 0.432. The minimum absolute atomic E-state index is 0.234. The molecule has 0 aromatic heterocycles. The van der Waals surface area contributed by atoms with Crippen LogP contribution in [0.25, 0.3) is 0 Å². The number of esters is 1. The van der Waals surface area contributed by atoms with Crippen LogP contribution in [0.15, 0.2) is 30.3 Å². The number of benzene rings is 1. The molecule has 1 rings (SSSR count). The van der Waals surface area contributed by atoms with Gasteiger partial charge in [-0.25, -0.2) is 4.79 Å². The van der Waals surface area contributed by atoms with E-state index in [9.17, 15) is 4.79 Å². The molecule has 3 heteroatoms. The molecule has 0 spiro atoms. The van der Waals surface area contributed by atoms with Crippen molar-refractivity contribution in [2.75, 3.05) is 34.3 Å². The fraction of sp³-hybridized carbons (Fsp3) is 0.462. The van der Waals surface area contributed by atoms with Crippen LogP contribution in [0.1, 0.15) is 16.8 Å². The van der Waals surface area contributed by atoms with Crippen LogP contribution in [0, 0.1) is 0 Å². The maximum Gasteiger partial charge on any atom is 0.338 e. The molecule has 0 unspecified atom stereocenters. The van der Waals surface area contributed by atoms with Crippen molar-refractivity contribution in [1.82, 2.24) is 0 Å². The van der Waals surface area contributed by atoms with E-state index in [4.69, 9.17) is 4.74 Å². The van der Waals surface area contributed by atoms with Crippen LogP contribution in [0.4, 0.5) is 0 Å². The summed E-state index contributed by atoms with van der Waals surface area (Å²) in [6.45, 7) is 1.49. The molecule has 0 saturated heterocycles. The molecule has 0 saturated carbocycles. The molecule has 0 N–H and O–H groups in total. The first-order valence-electron chi connectivity index (χ1n) is 5.52. The van der Waals surface area contributed by atoms with Crippen LogP contribution < -0.4 is 0 Å². The lowest BCUT2D eigenvalue weighted by Gasteiger charge is -2.23. The lowest BCUT2D eigenvalue weighted by atomic mass is 10.2. The number of carbonyl (C=O) groups excluding carboxylic acids is 1. The summed E-state index contributed by atoms with van der Waals surface area (Å²) < 4.78 is 6.07. The lowest BCUT2D eigenvalue weighted by Crippen LogP contribution is -2.35. The first-order valence-corrected chi connectivity index (χ1v) is 5.52. The highest BCUT2D eigenvalue weighted by atomic mass is 16.5. The molecular formula is C13H20NO2+. The van der Waals surface area contributed by atoms with Gasteiger partial charge in [-0.1, -0.05) is 18.2 Å². The number of ether oxygens (including phenoxy) is 1. The predicted molar refractivity (Wildman–Crippen MR) is 64.2 cm³/mol. The Hall–Kier alpha value is -1.35. The standard InChI is InChI=1S/C13H20NO2/c1-14(2,3)10-7-11-16-13(15)12-8-5-4-6-9-12/h4-6,8-9H,7,10-11H2,1-3H3/q+1. The summed E-state index contributed by atoms with van der Waals surface area (Å²) >= 11 is 0. The van der Waals surface area contributed by atoms with Crippen molar-refractivity contribution < 1.29 is 14.0 Å². The number of carbonyl (C=O) groups is 1. The minimum atomic E-state index is -0.234. The predicted octanol–water partition coefficient (Wildman–Crippen LogP) is 1.94. The molecule has 1 aromatic rings. The summed E-state index contributed by atoms with van der Waals surface area (Å²) in [5, 5.41) is 0. The van der Waals surface area contributed by atoms with Gasteiger partial charge < -0.3 is 9.22 Å². The Labute approximate surface area is 97.2 Å². The molecule has 0 bridgehead atoms. The van der Waals surface area contributed by atoms with Gasteiger partial charge in [-0.3, -0.25) is 0 Å². The molecule has 16 heavy (non-hydrogen) atoms. The zero-order valence-corrected chi connectivity index (χ0v) is 10.3. The van der Waals surface area contributed by atoms with Crippen molar-refractivity contribution in [1.29, 1.82) is 0 Å². The van der Waals surface area contributed by atoms with Gasteiger partial charge in [0.2, 0.25) is 0 Å². The molecule has 0 atom stereocenters. The molecule has 0 amide bonds. The molecule has 0 heterocycles. The van der Waals surface area contributed by atoms with Crippen molar-refractivity contribution in [3.63, 3.8) is 0 Å². The highest BCUT2D eigenvalue weighted by Crippen LogP contribution is 2.02. The van der Waals surface area contributed by atoms with Gasteiger partial charge in [0.15, 0.2) is 0 Å². The molecule has 0 aliphatic carbocycles. The van der Waals surface area contributed by atoms with Crippen molar-refractivity contribution in [2.24, 2.45) is 0 Å². The Balaban J connectivity index is 2.27. The Morgan fingerprint density at radius 2 is 1.81 bits per heavy atom. The highest BCUT2D eigenvalue weighted by molar-refractivity contribution is 5.89. The van der Waals surface area contributed by atoms with Crippen LogP contribution in [-0.2, 0) is 4.74 Å². The van der Waals surface area contributed by atoms with E-state index < -0.39 is 0 Å². The summed E-state index contributed by atoms with van der Waals surface area (Å²) in [7, 11) is 6.37. The van der Waals surface area contributed by atoms with E-state index in [1.54, 1.807) is 12.1 Å². The Kier molecular flexibility index (Phi) is 4.50. The lowest BCUT2D eigenvalue weighted by molar-refractivity contribution is -0.870. The summed E-state index contributed by atoms with van der Waals surface area (Å²) in [6.07, 6.45) is 0.891. The number of hydrogen-bond acceptors (Lipinski definition) is 2. The van der Waals surface area contributed by atoms with Gasteiger partial charge in [-0.2, -0.15) is 0 Å². The second kappa shape index (κ2) is 5.66. The molecule has 1 aromatic carbocycles. The average Bonchev–Trinajstić information content (AvgIpc) is 2.24. The fourth-order valence-corrected chi connectivity index (χ4v) is 1.36. The van der Waals surface area contributed by atoms with Crippen LogP contribution in [0.2, 0.25) is 0 Å². The van der Waals surface area contributed by atoms with E-state index in [0.29, 0.717) is 12.2 Å². The first kappa shape index (κ1) is 12.7. The second-order valence-corrected chi connectivity index (χ2v) is 4.87. The Bertz CT molecular complexity index is 328. The van der Waals surface area contributed by atoms with E-state index in [2.05, 4.69) is 21.1 Å². The second-order valence-electron chi connectivity index (χ2n) is 4.87. The van der Waals surface area contributed by atoms with Gasteiger partial charge in [0.25, 0.3) is 0 Å². The molecule has 0 fully saturated rings. The summed E-state index contributed by atoms with van der Waals surface area (Å²) in [5.41, 5.74) is 0.618. The molecule has 88 valence electrons. The number of hydrogen-bond donors (Lipinski definition) is 0. The van der Waals surface area contributed by atoms with E-state index in [1.165, 1.54) is 0 Å². The Morgan fingerprint density at radius 3 is 2.38 bits per heavy atom. The Morgan fingerprint density at radius 1 is 1.19 bits per heavy atom. The van der Waals surface area contributed by atoms with Crippen molar-refractivity contribution in [3.8, 4) is 0 Å². The number of rotatable bonds is 5. The topological polar surface area (TPSA) is 26.3 Å². The fourth-order valence-electron chi connectivity index (χ4n) is 1.36. The SMILES string of the molecule is C[N+](C)(C)CCCOC(=O)c1ccccc1. The highest BCUT2D eigenvalue weighted by Gasteiger charge is 2.08. The van der Waals surface area contributed by atoms with Gasteiger partial charge >= 0.3 is 5.97 Å². The van der Waals surface area contributed by atoms with Crippen LogP contribution in [0.3, 0.4) is 0 Å². The van der Waals surface area contributed by atoms with E-state index >= 15 is 0 Å². The van der Waals surface area contributed by atoms with E-state index in [1.807, 2.05) is 18.2 Å². The third-order valence-electron chi connectivity index (χ3n) is 2.22. The third-order valence-corrected chi connectivity index (χ3v) is 2.22. The number of nitrogens with zero attached hydrogens (tertiary/aromatic N) is 1. The normalized spacial score (nSPS) is 11.2. The maximum absolute atomic E-state index is 11.5. The summed E-state index contributed by atoms with van der Waals surface area (Å²) in [5.74, 6) is -0.234. The van der Waals surface area contributed by atoms with Crippen LogP contribution in [-0.4, -0.2) is 44.7 Å². The van der Waals surface area contributed by atoms with Gasteiger partial charge in [0.1, 0.15) is 0 Å². The molecule has 0 aliphatic heterocycles. The maximum atomic E-state index is 11.5. The van der Waals surface area contributed by atoms with Crippen LogP contribution in [0.5, 0.6) is 0 Å². The van der Waals surface area contributed by atoms with Crippen LogP contribution >= 0.6 is 0 Å². The number of quaternary nitrogens is 1. The summed E-state index contributed by atoms with van der Waals surface area (Å²) in [6, 6.07) is 9.09. The zero-order chi connectivity index (χ0) is 12.0. The average molecular weight is 222 g/mol. The molecule has 3 nitrogen and oxygen atoms in total. The smallest absolute Gasteiger partial charge is 0.338 e. The van der Waals surface area contributed by atoms with Gasteiger partial charge in [-0.15, -0.1) is 0 Å². The monoisotopic (exact) mass is 222 g/mol. The van der Waals surface area contributed by atoms with E-state index in [-0.39, 0.29) is 5.97 Å². The zero-order valence-electron chi connectivity index (χ0n) is 10.3. The van der Waals surface area contributed by atoms with Crippen molar-refractivity contribution in [2.45, 2.75) is 6.42 Å². The van der Waals surface area contributed by atoms with Gasteiger partial charge in [-0.05, 0) is 12.1 Å². The summed E-state index contributed by atoms with van der Waals surface area (Å²) in [4.78, 5) is 11.5.